The minimum absolute atomic E-state index is 0.808. The highest BCUT2D eigenvalue weighted by Gasteiger charge is 1.96. The SMILES string of the molecule is CCc1cc(C#CCCS)ccc1N. The molecule has 0 aliphatic carbocycles. The Morgan fingerprint density at radius 3 is 2.86 bits per heavy atom. The van der Waals surface area contributed by atoms with E-state index in [0.29, 0.717) is 0 Å². The molecule has 0 radical (unpaired) electrons. The van der Waals surface area contributed by atoms with Crippen LogP contribution in [0.1, 0.15) is 24.5 Å². The Balaban J connectivity index is 2.86. The number of anilines is 1. The topological polar surface area (TPSA) is 26.0 Å². The Bertz CT molecular complexity index is 360. The van der Waals surface area contributed by atoms with Crippen LogP contribution in [0.15, 0.2) is 18.2 Å². The molecule has 1 aromatic rings. The maximum Gasteiger partial charge on any atom is 0.0347 e. The van der Waals surface area contributed by atoms with E-state index >= 15 is 0 Å². The first-order valence-electron chi connectivity index (χ1n) is 4.76. The van der Waals surface area contributed by atoms with Crippen molar-refractivity contribution in [1.29, 1.82) is 0 Å². The van der Waals surface area contributed by atoms with Crippen molar-refractivity contribution in [3.8, 4) is 11.8 Å². The van der Waals surface area contributed by atoms with Gasteiger partial charge in [-0.15, -0.1) is 0 Å². The molecule has 1 rings (SSSR count). The average Bonchev–Trinajstić information content (AvgIpc) is 2.21. The Hall–Kier alpha value is -1.07. The second-order valence-electron chi connectivity index (χ2n) is 3.04. The molecular formula is C12H15NS. The van der Waals surface area contributed by atoms with Gasteiger partial charge in [-0.2, -0.15) is 12.6 Å². The molecule has 14 heavy (non-hydrogen) atoms. The van der Waals surface area contributed by atoms with Crippen molar-refractivity contribution in [3.05, 3.63) is 29.3 Å². The van der Waals surface area contributed by atoms with Crippen molar-refractivity contribution in [2.75, 3.05) is 11.5 Å². The first-order chi connectivity index (χ1) is 6.77. The third-order valence-electron chi connectivity index (χ3n) is 1.99. The van der Waals surface area contributed by atoms with E-state index in [1.807, 2.05) is 12.1 Å². The van der Waals surface area contributed by atoms with Gasteiger partial charge in [0.25, 0.3) is 0 Å². The van der Waals surface area contributed by atoms with Gasteiger partial charge in [0.15, 0.2) is 0 Å². The van der Waals surface area contributed by atoms with Gasteiger partial charge in [-0.1, -0.05) is 18.8 Å². The van der Waals surface area contributed by atoms with Crippen LogP contribution in [-0.2, 0) is 6.42 Å². The maximum atomic E-state index is 5.79. The van der Waals surface area contributed by atoms with Gasteiger partial charge in [-0.05, 0) is 30.2 Å². The zero-order chi connectivity index (χ0) is 10.4. The van der Waals surface area contributed by atoms with Crippen molar-refractivity contribution < 1.29 is 0 Å². The summed E-state index contributed by atoms with van der Waals surface area (Å²) in [5.41, 5.74) is 8.86. The van der Waals surface area contributed by atoms with E-state index in [1.54, 1.807) is 0 Å². The summed E-state index contributed by atoms with van der Waals surface area (Å²) >= 11 is 4.10. The van der Waals surface area contributed by atoms with Gasteiger partial charge in [-0.3, -0.25) is 0 Å². The van der Waals surface area contributed by atoms with Gasteiger partial charge in [0.1, 0.15) is 0 Å². The Labute approximate surface area is 91.1 Å². The van der Waals surface area contributed by atoms with Crippen LogP contribution in [0.5, 0.6) is 0 Å². The number of hydrogen-bond acceptors (Lipinski definition) is 2. The number of hydrogen-bond donors (Lipinski definition) is 2. The summed E-state index contributed by atoms with van der Waals surface area (Å²) in [6, 6.07) is 5.93. The first kappa shape index (κ1) is 11.0. The zero-order valence-corrected chi connectivity index (χ0v) is 9.27. The fraction of sp³-hybridized carbons (Fsp3) is 0.333. The van der Waals surface area contributed by atoms with Crippen molar-refractivity contribution in [3.63, 3.8) is 0 Å². The van der Waals surface area contributed by atoms with Gasteiger partial charge >= 0.3 is 0 Å². The molecule has 0 fully saturated rings. The minimum atomic E-state index is 0.808. The fourth-order valence-corrected chi connectivity index (χ4v) is 1.32. The Morgan fingerprint density at radius 2 is 2.21 bits per heavy atom. The predicted octanol–water partition coefficient (Wildman–Crippen LogP) is 2.50. The lowest BCUT2D eigenvalue weighted by Crippen LogP contribution is -1.93. The number of nitrogens with two attached hydrogens (primary N) is 1. The summed E-state index contributed by atoms with van der Waals surface area (Å²) in [7, 11) is 0. The van der Waals surface area contributed by atoms with E-state index in [2.05, 4.69) is 37.5 Å². The summed E-state index contributed by atoms with van der Waals surface area (Å²) in [6.45, 7) is 2.09. The molecule has 0 heterocycles. The monoisotopic (exact) mass is 205 g/mol. The van der Waals surface area contributed by atoms with Gasteiger partial charge in [0, 0.05) is 23.4 Å². The van der Waals surface area contributed by atoms with Crippen LogP contribution in [0.25, 0.3) is 0 Å². The molecule has 0 aliphatic rings. The smallest absolute Gasteiger partial charge is 0.0347 e. The molecule has 0 unspecified atom stereocenters. The third kappa shape index (κ3) is 3.01. The van der Waals surface area contributed by atoms with Crippen LogP contribution >= 0.6 is 12.6 Å². The van der Waals surface area contributed by atoms with Crippen LogP contribution in [0.4, 0.5) is 5.69 Å². The van der Waals surface area contributed by atoms with Gasteiger partial charge in [0.05, 0.1) is 0 Å². The van der Waals surface area contributed by atoms with Crippen LogP contribution in [0.2, 0.25) is 0 Å². The molecule has 0 spiro atoms. The lowest BCUT2D eigenvalue weighted by molar-refractivity contribution is 1.14. The highest BCUT2D eigenvalue weighted by molar-refractivity contribution is 7.80. The average molecular weight is 205 g/mol. The number of thiol groups is 1. The zero-order valence-electron chi connectivity index (χ0n) is 8.38. The second-order valence-corrected chi connectivity index (χ2v) is 3.49. The van der Waals surface area contributed by atoms with Crippen molar-refractivity contribution >= 4 is 18.3 Å². The molecule has 0 aliphatic heterocycles. The van der Waals surface area contributed by atoms with Crippen molar-refractivity contribution in [1.82, 2.24) is 0 Å². The molecule has 0 atom stereocenters. The minimum Gasteiger partial charge on any atom is -0.399 e. The molecule has 1 aromatic carbocycles. The molecule has 74 valence electrons. The summed E-state index contributed by atoms with van der Waals surface area (Å²) in [4.78, 5) is 0. The summed E-state index contributed by atoms with van der Waals surface area (Å²) in [5, 5.41) is 0. The van der Waals surface area contributed by atoms with E-state index < -0.39 is 0 Å². The summed E-state index contributed by atoms with van der Waals surface area (Å²) in [6.07, 6.45) is 1.78. The molecule has 1 nitrogen and oxygen atoms in total. The van der Waals surface area contributed by atoms with E-state index in [4.69, 9.17) is 5.73 Å². The molecule has 0 saturated carbocycles. The molecular weight excluding hydrogens is 190 g/mol. The Morgan fingerprint density at radius 1 is 1.43 bits per heavy atom. The lowest BCUT2D eigenvalue weighted by atomic mass is 10.1. The number of aryl methyl sites for hydroxylation is 1. The number of nitrogen functional groups attached to an aromatic ring is 1. The van der Waals surface area contributed by atoms with Crippen LogP contribution in [0, 0.1) is 11.8 Å². The summed E-state index contributed by atoms with van der Waals surface area (Å²) < 4.78 is 0. The van der Waals surface area contributed by atoms with Gasteiger partial charge in [0.2, 0.25) is 0 Å². The summed E-state index contributed by atoms with van der Waals surface area (Å²) in [5.74, 6) is 6.96. The Kier molecular flexibility index (Phi) is 4.42. The second kappa shape index (κ2) is 5.62. The van der Waals surface area contributed by atoms with E-state index in [0.717, 1.165) is 29.8 Å². The largest absolute Gasteiger partial charge is 0.399 e. The van der Waals surface area contributed by atoms with Crippen LogP contribution in [-0.4, -0.2) is 5.75 Å². The fourth-order valence-electron chi connectivity index (χ4n) is 1.21. The maximum absolute atomic E-state index is 5.79. The highest BCUT2D eigenvalue weighted by atomic mass is 32.1. The van der Waals surface area contributed by atoms with Crippen LogP contribution < -0.4 is 5.73 Å². The lowest BCUT2D eigenvalue weighted by Gasteiger charge is -2.02. The predicted molar refractivity (Wildman–Crippen MR) is 65.6 cm³/mol. The molecule has 0 saturated heterocycles. The van der Waals surface area contributed by atoms with Crippen molar-refractivity contribution in [2.24, 2.45) is 0 Å². The molecule has 2 heteroatoms. The van der Waals surface area contributed by atoms with Crippen molar-refractivity contribution in [2.45, 2.75) is 19.8 Å². The van der Waals surface area contributed by atoms with Crippen LogP contribution in [0.3, 0.4) is 0 Å². The molecule has 0 aromatic heterocycles. The molecule has 2 N–H and O–H groups in total. The standard InChI is InChI=1S/C12H15NS/c1-2-11-9-10(5-3-4-8-14)6-7-12(11)13/h6-7,9,14H,2,4,8,13H2,1H3. The van der Waals surface area contributed by atoms with E-state index in [1.165, 1.54) is 5.56 Å². The van der Waals surface area contributed by atoms with E-state index in [-0.39, 0.29) is 0 Å². The van der Waals surface area contributed by atoms with E-state index in [9.17, 15) is 0 Å². The number of rotatable bonds is 2. The quantitative estimate of drug-likeness (QED) is 0.433. The van der Waals surface area contributed by atoms with Gasteiger partial charge in [-0.25, -0.2) is 0 Å². The third-order valence-corrected chi connectivity index (χ3v) is 2.22. The molecule has 0 amide bonds. The normalized spacial score (nSPS) is 9.29. The number of benzene rings is 1. The first-order valence-corrected chi connectivity index (χ1v) is 5.39. The van der Waals surface area contributed by atoms with Gasteiger partial charge < -0.3 is 5.73 Å². The highest BCUT2D eigenvalue weighted by Crippen LogP contribution is 2.13. The molecule has 0 bridgehead atoms.